The second kappa shape index (κ2) is 3.86. The molecule has 82 valence electrons. The predicted molar refractivity (Wildman–Crippen MR) is 52.2 cm³/mol. The summed E-state index contributed by atoms with van der Waals surface area (Å²) in [7, 11) is -3.79. The standard InChI is InChI=1S/C9H11FN2O2S/c10-8-5-2-6-11-9(8)15(13,14)12-7-3-1-4-7/h2,5-7,12H,1,3-4H2. The average molecular weight is 230 g/mol. The Morgan fingerprint density at radius 2 is 2.20 bits per heavy atom. The van der Waals surface area contributed by atoms with Gasteiger partial charge in [-0.2, -0.15) is 0 Å². The Kier molecular flexibility index (Phi) is 2.70. The van der Waals surface area contributed by atoms with E-state index in [0.717, 1.165) is 25.3 Å². The van der Waals surface area contributed by atoms with Crippen LogP contribution in [0.4, 0.5) is 4.39 Å². The van der Waals surface area contributed by atoms with Gasteiger partial charge in [-0.05, 0) is 25.0 Å². The molecule has 4 nitrogen and oxygen atoms in total. The van der Waals surface area contributed by atoms with Crippen LogP contribution >= 0.6 is 0 Å². The number of nitrogens with one attached hydrogen (secondary N) is 1. The van der Waals surface area contributed by atoms with E-state index in [1.165, 1.54) is 12.3 Å². The second-order valence-electron chi connectivity index (χ2n) is 3.54. The van der Waals surface area contributed by atoms with Gasteiger partial charge in [-0.1, -0.05) is 6.42 Å². The number of nitrogens with zero attached hydrogens (tertiary/aromatic N) is 1. The summed E-state index contributed by atoms with van der Waals surface area (Å²) in [5, 5.41) is -0.517. The molecule has 1 aliphatic rings. The zero-order valence-electron chi connectivity index (χ0n) is 7.98. The molecule has 2 rings (SSSR count). The van der Waals surface area contributed by atoms with Crippen molar-refractivity contribution >= 4 is 10.0 Å². The molecule has 0 saturated heterocycles. The van der Waals surface area contributed by atoms with Gasteiger partial charge in [-0.25, -0.2) is 22.5 Å². The first-order valence-corrected chi connectivity index (χ1v) is 6.21. The van der Waals surface area contributed by atoms with Gasteiger partial charge in [-0.3, -0.25) is 0 Å². The second-order valence-corrected chi connectivity index (χ2v) is 5.17. The number of hydrogen-bond acceptors (Lipinski definition) is 3. The lowest BCUT2D eigenvalue weighted by Gasteiger charge is -2.25. The van der Waals surface area contributed by atoms with Crippen molar-refractivity contribution in [3.8, 4) is 0 Å². The smallest absolute Gasteiger partial charge is 0.241 e. The van der Waals surface area contributed by atoms with E-state index in [-0.39, 0.29) is 6.04 Å². The van der Waals surface area contributed by atoms with Gasteiger partial charge < -0.3 is 0 Å². The van der Waals surface area contributed by atoms with Crippen LogP contribution in [-0.4, -0.2) is 19.4 Å². The van der Waals surface area contributed by atoms with Crippen LogP contribution in [-0.2, 0) is 10.0 Å². The first-order chi connectivity index (χ1) is 7.09. The molecule has 0 atom stereocenters. The summed E-state index contributed by atoms with van der Waals surface area (Å²) in [6.07, 6.45) is 3.90. The molecule has 1 aliphatic carbocycles. The van der Waals surface area contributed by atoms with Crippen LogP contribution in [0.3, 0.4) is 0 Å². The quantitative estimate of drug-likeness (QED) is 0.844. The normalized spacial score (nSPS) is 17.4. The molecule has 0 aliphatic heterocycles. The van der Waals surface area contributed by atoms with Crippen LogP contribution in [0.5, 0.6) is 0 Å². The van der Waals surface area contributed by atoms with E-state index in [9.17, 15) is 12.8 Å². The Bertz CT molecular complexity index is 457. The third kappa shape index (κ3) is 2.15. The van der Waals surface area contributed by atoms with Crippen molar-refractivity contribution in [1.82, 2.24) is 9.71 Å². The average Bonchev–Trinajstić information content (AvgIpc) is 2.12. The SMILES string of the molecule is O=S(=O)(NC1CCC1)c1ncccc1F. The summed E-state index contributed by atoms with van der Waals surface area (Å²) >= 11 is 0. The van der Waals surface area contributed by atoms with E-state index in [0.29, 0.717) is 0 Å². The fraction of sp³-hybridized carbons (Fsp3) is 0.444. The van der Waals surface area contributed by atoms with Gasteiger partial charge >= 0.3 is 0 Å². The summed E-state index contributed by atoms with van der Waals surface area (Å²) in [5.74, 6) is -0.815. The van der Waals surface area contributed by atoms with Crippen molar-refractivity contribution in [2.75, 3.05) is 0 Å². The van der Waals surface area contributed by atoms with Gasteiger partial charge in [0.15, 0.2) is 5.82 Å². The largest absolute Gasteiger partial charge is 0.261 e. The van der Waals surface area contributed by atoms with Gasteiger partial charge in [0.1, 0.15) is 0 Å². The summed E-state index contributed by atoms with van der Waals surface area (Å²) in [5.41, 5.74) is 0. The van der Waals surface area contributed by atoms with Crippen LogP contribution < -0.4 is 4.72 Å². The zero-order valence-corrected chi connectivity index (χ0v) is 8.80. The van der Waals surface area contributed by atoms with Crippen molar-refractivity contribution < 1.29 is 12.8 Å². The third-order valence-electron chi connectivity index (χ3n) is 2.41. The predicted octanol–water partition coefficient (Wildman–Crippen LogP) is 1.05. The molecule has 1 fully saturated rings. The van der Waals surface area contributed by atoms with Crippen molar-refractivity contribution in [3.63, 3.8) is 0 Å². The van der Waals surface area contributed by atoms with Crippen molar-refractivity contribution in [2.45, 2.75) is 30.3 Å². The van der Waals surface area contributed by atoms with Gasteiger partial charge in [0.25, 0.3) is 10.0 Å². The first kappa shape index (κ1) is 10.5. The van der Waals surface area contributed by atoms with E-state index in [1.54, 1.807) is 0 Å². The van der Waals surface area contributed by atoms with E-state index in [4.69, 9.17) is 0 Å². The minimum absolute atomic E-state index is 0.0589. The molecule has 15 heavy (non-hydrogen) atoms. The number of halogens is 1. The number of rotatable bonds is 3. The minimum atomic E-state index is -3.79. The van der Waals surface area contributed by atoms with E-state index in [1.807, 2.05) is 0 Å². The molecule has 1 saturated carbocycles. The zero-order chi connectivity index (χ0) is 10.9. The lowest BCUT2D eigenvalue weighted by molar-refractivity contribution is 0.382. The summed E-state index contributed by atoms with van der Waals surface area (Å²) in [4.78, 5) is 3.54. The van der Waals surface area contributed by atoms with Crippen molar-refractivity contribution in [2.24, 2.45) is 0 Å². The molecule has 0 bridgehead atoms. The van der Waals surface area contributed by atoms with E-state index in [2.05, 4.69) is 9.71 Å². The topological polar surface area (TPSA) is 59.1 Å². The van der Waals surface area contributed by atoms with Crippen LogP contribution in [0.25, 0.3) is 0 Å². The monoisotopic (exact) mass is 230 g/mol. The summed E-state index contributed by atoms with van der Waals surface area (Å²) in [6, 6.07) is 2.39. The first-order valence-electron chi connectivity index (χ1n) is 4.72. The van der Waals surface area contributed by atoms with Crippen molar-refractivity contribution in [3.05, 3.63) is 24.1 Å². The molecule has 0 amide bonds. The fourth-order valence-corrected chi connectivity index (χ4v) is 2.68. The molecular weight excluding hydrogens is 219 g/mol. The molecule has 0 unspecified atom stereocenters. The highest BCUT2D eigenvalue weighted by Gasteiger charge is 2.27. The Morgan fingerprint density at radius 1 is 1.47 bits per heavy atom. The number of pyridine rings is 1. The molecular formula is C9H11FN2O2S. The van der Waals surface area contributed by atoms with Crippen LogP contribution in [0.15, 0.2) is 23.4 Å². The third-order valence-corrected chi connectivity index (χ3v) is 3.86. The number of hydrogen-bond donors (Lipinski definition) is 1. The molecule has 0 radical (unpaired) electrons. The highest BCUT2D eigenvalue weighted by Crippen LogP contribution is 2.21. The van der Waals surface area contributed by atoms with Crippen molar-refractivity contribution in [1.29, 1.82) is 0 Å². The Morgan fingerprint density at radius 3 is 2.73 bits per heavy atom. The molecule has 6 heteroatoms. The number of sulfonamides is 1. The number of aromatic nitrogens is 1. The lowest BCUT2D eigenvalue weighted by Crippen LogP contribution is -2.40. The molecule has 0 aromatic carbocycles. The molecule has 1 heterocycles. The van der Waals surface area contributed by atoms with E-state index < -0.39 is 20.9 Å². The van der Waals surface area contributed by atoms with Gasteiger partial charge in [-0.15, -0.1) is 0 Å². The van der Waals surface area contributed by atoms with Gasteiger partial charge in [0.2, 0.25) is 5.03 Å². The highest BCUT2D eigenvalue weighted by atomic mass is 32.2. The Labute approximate surface area is 87.6 Å². The lowest BCUT2D eigenvalue weighted by atomic mass is 9.94. The fourth-order valence-electron chi connectivity index (χ4n) is 1.37. The maximum Gasteiger partial charge on any atom is 0.261 e. The van der Waals surface area contributed by atoms with E-state index >= 15 is 0 Å². The maximum atomic E-state index is 13.2. The summed E-state index contributed by atoms with van der Waals surface area (Å²) < 4.78 is 38.9. The minimum Gasteiger partial charge on any atom is -0.241 e. The summed E-state index contributed by atoms with van der Waals surface area (Å²) in [6.45, 7) is 0. The molecule has 0 spiro atoms. The Balaban J connectivity index is 2.24. The van der Waals surface area contributed by atoms with Gasteiger partial charge in [0, 0.05) is 12.2 Å². The maximum absolute atomic E-state index is 13.2. The van der Waals surface area contributed by atoms with Crippen LogP contribution in [0, 0.1) is 5.82 Å². The van der Waals surface area contributed by atoms with Crippen LogP contribution in [0.2, 0.25) is 0 Å². The van der Waals surface area contributed by atoms with Crippen LogP contribution in [0.1, 0.15) is 19.3 Å². The van der Waals surface area contributed by atoms with Gasteiger partial charge in [0.05, 0.1) is 0 Å². The Hall–Kier alpha value is -1.01. The molecule has 1 aromatic heterocycles. The molecule has 1 N–H and O–H groups in total. The highest BCUT2D eigenvalue weighted by molar-refractivity contribution is 7.89. The molecule has 1 aromatic rings.